The highest BCUT2D eigenvalue weighted by atomic mass is 32.2. The summed E-state index contributed by atoms with van der Waals surface area (Å²) in [6.45, 7) is 0.434. The van der Waals surface area contributed by atoms with E-state index >= 15 is 0 Å². The van der Waals surface area contributed by atoms with Gasteiger partial charge in [0.05, 0.1) is 16.9 Å². The summed E-state index contributed by atoms with van der Waals surface area (Å²) in [5, 5.41) is 14.0. The van der Waals surface area contributed by atoms with E-state index in [0.29, 0.717) is 12.2 Å². The van der Waals surface area contributed by atoms with Crippen molar-refractivity contribution in [1.29, 1.82) is 0 Å². The molecule has 0 aliphatic heterocycles. The summed E-state index contributed by atoms with van der Waals surface area (Å²) in [7, 11) is 0.879. The number of sulfonamides is 1. The minimum Gasteiger partial charge on any atom is -0.490 e. The Morgan fingerprint density at radius 3 is 2.32 bits per heavy atom. The minimum absolute atomic E-state index is 0.105. The van der Waals surface area contributed by atoms with Gasteiger partial charge in [0.15, 0.2) is 5.75 Å². The number of anilines is 1. The van der Waals surface area contributed by atoms with Crippen LogP contribution in [0.15, 0.2) is 47.4 Å². The zero-order chi connectivity index (χ0) is 18.6. The van der Waals surface area contributed by atoms with Gasteiger partial charge in [0.25, 0.3) is 0 Å². The molecule has 0 fully saturated rings. The van der Waals surface area contributed by atoms with E-state index in [1.165, 1.54) is 27.3 Å². The molecule has 2 aromatic rings. The fraction of sp³-hybridized carbons (Fsp3) is 0.250. The molecule has 0 aliphatic rings. The van der Waals surface area contributed by atoms with Crippen LogP contribution >= 0.6 is 0 Å². The smallest absolute Gasteiger partial charge is 0.311 e. The maximum Gasteiger partial charge on any atom is 0.311 e. The van der Waals surface area contributed by atoms with Crippen molar-refractivity contribution < 1.29 is 18.1 Å². The van der Waals surface area contributed by atoms with Gasteiger partial charge in [-0.2, -0.15) is 0 Å². The molecule has 0 atom stereocenters. The molecule has 0 heterocycles. The van der Waals surface area contributed by atoms with E-state index in [1.54, 1.807) is 36.4 Å². The highest BCUT2D eigenvalue weighted by molar-refractivity contribution is 7.89. The van der Waals surface area contributed by atoms with Gasteiger partial charge in [-0.15, -0.1) is 0 Å². The van der Waals surface area contributed by atoms with E-state index in [4.69, 9.17) is 4.74 Å². The molecule has 0 aromatic heterocycles. The number of nitrogens with one attached hydrogen (secondary N) is 1. The van der Waals surface area contributed by atoms with Crippen LogP contribution in [0.1, 0.15) is 5.56 Å². The molecule has 0 aliphatic carbocycles. The van der Waals surface area contributed by atoms with Crippen molar-refractivity contribution in [3.05, 3.63) is 58.1 Å². The lowest BCUT2D eigenvalue weighted by atomic mass is 10.2. The second kappa shape index (κ2) is 7.49. The first-order chi connectivity index (χ1) is 11.8. The van der Waals surface area contributed by atoms with Gasteiger partial charge in [-0.3, -0.25) is 10.1 Å². The first-order valence-electron chi connectivity index (χ1n) is 7.33. The molecule has 1 N–H and O–H groups in total. The molecule has 134 valence electrons. The van der Waals surface area contributed by atoms with Gasteiger partial charge < -0.3 is 10.1 Å². The van der Waals surface area contributed by atoms with Crippen molar-refractivity contribution in [1.82, 2.24) is 4.31 Å². The summed E-state index contributed by atoms with van der Waals surface area (Å²) in [5.41, 5.74) is 1.42. The Morgan fingerprint density at radius 2 is 1.80 bits per heavy atom. The largest absolute Gasteiger partial charge is 0.490 e. The minimum atomic E-state index is -3.45. The molecule has 0 saturated carbocycles. The molecule has 2 rings (SSSR count). The molecular weight excluding hydrogens is 346 g/mol. The number of methoxy groups -OCH3 is 1. The van der Waals surface area contributed by atoms with E-state index in [-0.39, 0.29) is 16.3 Å². The summed E-state index contributed by atoms with van der Waals surface area (Å²) in [5.74, 6) is 0.169. The first-order valence-corrected chi connectivity index (χ1v) is 8.77. The number of hydrogen-bond acceptors (Lipinski definition) is 6. The van der Waals surface area contributed by atoms with Crippen LogP contribution in [0.4, 0.5) is 11.4 Å². The Kier molecular flexibility index (Phi) is 5.60. The molecule has 0 amide bonds. The summed E-state index contributed by atoms with van der Waals surface area (Å²) < 4.78 is 30.2. The molecule has 0 bridgehead atoms. The second-order valence-corrected chi connectivity index (χ2v) is 7.58. The van der Waals surface area contributed by atoms with E-state index in [2.05, 4.69) is 5.32 Å². The zero-order valence-corrected chi connectivity index (χ0v) is 14.9. The summed E-state index contributed by atoms with van der Waals surface area (Å²) >= 11 is 0. The fourth-order valence-corrected chi connectivity index (χ4v) is 3.03. The predicted octanol–water partition coefficient (Wildman–Crippen LogP) is 2.47. The van der Waals surface area contributed by atoms with Crippen LogP contribution in [0.3, 0.4) is 0 Å². The number of hydrogen-bond donors (Lipinski definition) is 1. The van der Waals surface area contributed by atoms with Crippen molar-refractivity contribution in [2.24, 2.45) is 0 Å². The number of rotatable bonds is 7. The van der Waals surface area contributed by atoms with Gasteiger partial charge in [-0.25, -0.2) is 12.7 Å². The first kappa shape index (κ1) is 18.7. The molecule has 0 spiro atoms. The third kappa shape index (κ3) is 4.25. The van der Waals surface area contributed by atoms with E-state index in [9.17, 15) is 18.5 Å². The van der Waals surface area contributed by atoms with Gasteiger partial charge in [-0.05, 0) is 23.8 Å². The molecule has 25 heavy (non-hydrogen) atoms. The lowest BCUT2D eigenvalue weighted by Crippen LogP contribution is -2.22. The molecule has 0 radical (unpaired) electrons. The van der Waals surface area contributed by atoms with Gasteiger partial charge in [0.1, 0.15) is 0 Å². The summed E-state index contributed by atoms with van der Waals surface area (Å²) in [4.78, 5) is 10.6. The molecule has 2 aromatic carbocycles. The van der Waals surface area contributed by atoms with Crippen molar-refractivity contribution >= 4 is 21.4 Å². The average molecular weight is 365 g/mol. The van der Waals surface area contributed by atoms with E-state index in [1.807, 2.05) is 0 Å². The van der Waals surface area contributed by atoms with Gasteiger partial charge in [0, 0.05) is 38.5 Å². The average Bonchev–Trinajstić information content (AvgIpc) is 2.59. The van der Waals surface area contributed by atoms with Gasteiger partial charge in [0.2, 0.25) is 10.0 Å². The van der Waals surface area contributed by atoms with Crippen molar-refractivity contribution in [3.8, 4) is 5.75 Å². The topological polar surface area (TPSA) is 102 Å². The van der Waals surface area contributed by atoms with E-state index < -0.39 is 14.9 Å². The Morgan fingerprint density at radius 1 is 1.16 bits per heavy atom. The number of nitro benzene ring substituents is 1. The summed E-state index contributed by atoms with van der Waals surface area (Å²) in [6, 6.07) is 11.0. The maximum atomic E-state index is 12.0. The highest BCUT2D eigenvalue weighted by Gasteiger charge is 2.17. The molecule has 0 unspecified atom stereocenters. The Balaban J connectivity index is 2.11. The van der Waals surface area contributed by atoms with Crippen LogP contribution < -0.4 is 10.1 Å². The molecule has 8 nitrogen and oxygen atoms in total. The Labute approximate surface area is 146 Å². The lowest BCUT2D eigenvalue weighted by Gasteiger charge is -2.12. The maximum absolute atomic E-state index is 12.0. The summed E-state index contributed by atoms with van der Waals surface area (Å²) in [6.07, 6.45) is 0. The standard InChI is InChI=1S/C16H19N3O5S/c1-18(2)25(22,23)14-7-4-12(5-8-14)11-17-13-6-9-15(19(20)21)16(10-13)24-3/h4-10,17H,11H2,1-3H3. The van der Waals surface area contributed by atoms with Crippen molar-refractivity contribution in [2.75, 3.05) is 26.5 Å². The number of ether oxygens (including phenoxy) is 1. The number of benzene rings is 2. The van der Waals surface area contributed by atoms with E-state index in [0.717, 1.165) is 9.87 Å². The number of nitrogens with zero attached hydrogens (tertiary/aromatic N) is 2. The quantitative estimate of drug-likeness (QED) is 0.597. The molecular formula is C16H19N3O5S. The fourth-order valence-electron chi connectivity index (χ4n) is 2.13. The van der Waals surface area contributed by atoms with Crippen LogP contribution in [0, 0.1) is 10.1 Å². The monoisotopic (exact) mass is 365 g/mol. The third-order valence-corrected chi connectivity index (χ3v) is 5.40. The predicted molar refractivity (Wildman–Crippen MR) is 94.3 cm³/mol. The van der Waals surface area contributed by atoms with Crippen molar-refractivity contribution in [3.63, 3.8) is 0 Å². The van der Waals surface area contributed by atoms with Crippen LogP contribution in [0.5, 0.6) is 5.75 Å². The zero-order valence-electron chi connectivity index (χ0n) is 14.1. The Bertz CT molecular complexity index is 864. The van der Waals surface area contributed by atoms with Crippen LogP contribution in [-0.2, 0) is 16.6 Å². The molecule has 9 heteroatoms. The lowest BCUT2D eigenvalue weighted by molar-refractivity contribution is -0.385. The SMILES string of the molecule is COc1cc(NCc2ccc(S(=O)(=O)N(C)C)cc2)ccc1[N+](=O)[O-]. The van der Waals surface area contributed by atoms with Crippen LogP contribution in [0.2, 0.25) is 0 Å². The normalized spacial score (nSPS) is 11.4. The van der Waals surface area contributed by atoms with Crippen LogP contribution in [-0.4, -0.2) is 38.9 Å². The molecule has 0 saturated heterocycles. The van der Waals surface area contributed by atoms with Gasteiger partial charge >= 0.3 is 5.69 Å². The van der Waals surface area contributed by atoms with Gasteiger partial charge in [-0.1, -0.05) is 12.1 Å². The number of nitro groups is 1. The van der Waals surface area contributed by atoms with Crippen molar-refractivity contribution in [2.45, 2.75) is 11.4 Å². The van der Waals surface area contributed by atoms with Crippen LogP contribution in [0.25, 0.3) is 0 Å². The second-order valence-electron chi connectivity index (χ2n) is 5.43. The third-order valence-electron chi connectivity index (χ3n) is 3.57. The Hall–Kier alpha value is -2.65. The highest BCUT2D eigenvalue weighted by Crippen LogP contribution is 2.29.